The monoisotopic (exact) mass is 233 g/mol. The molecule has 1 N–H and O–H groups in total. The van der Waals surface area contributed by atoms with Crippen molar-refractivity contribution in [2.45, 2.75) is 31.3 Å². The highest BCUT2D eigenvalue weighted by Gasteiger charge is 2.40. The number of hydrogen-bond donors (Lipinski definition) is 1. The molecule has 1 heterocycles. The maximum atomic E-state index is 11.5. The molecule has 4 nitrogen and oxygen atoms in total. The lowest BCUT2D eigenvalue weighted by Gasteiger charge is -2.15. The molecule has 4 heteroatoms. The summed E-state index contributed by atoms with van der Waals surface area (Å²) >= 11 is 0. The van der Waals surface area contributed by atoms with E-state index in [9.17, 15) is 9.90 Å². The number of hydroxylamine groups is 1. The van der Waals surface area contributed by atoms with Crippen LogP contribution in [0.3, 0.4) is 0 Å². The normalized spacial score (nSPS) is 21.9. The summed E-state index contributed by atoms with van der Waals surface area (Å²) in [6, 6.07) is 7.62. The minimum absolute atomic E-state index is 0.00132. The Hall–Kier alpha value is -1.39. The fourth-order valence-electron chi connectivity index (χ4n) is 2.07. The molecule has 1 saturated heterocycles. The van der Waals surface area contributed by atoms with Gasteiger partial charge in [0.15, 0.2) is 0 Å². The molecule has 1 saturated carbocycles. The van der Waals surface area contributed by atoms with Crippen LogP contribution in [-0.2, 0) is 16.1 Å². The van der Waals surface area contributed by atoms with Crippen LogP contribution < -0.4 is 5.06 Å². The Morgan fingerprint density at radius 3 is 2.53 bits per heavy atom. The van der Waals surface area contributed by atoms with E-state index in [-0.39, 0.29) is 5.91 Å². The van der Waals surface area contributed by atoms with Gasteiger partial charge in [0.05, 0.1) is 24.3 Å². The molecule has 2 fully saturated rings. The molecule has 17 heavy (non-hydrogen) atoms. The number of amides is 1. The largest absolute Gasteiger partial charge is 0.390 e. The van der Waals surface area contributed by atoms with Crippen molar-refractivity contribution in [2.24, 2.45) is 0 Å². The van der Waals surface area contributed by atoms with Crippen LogP contribution in [0.15, 0.2) is 24.3 Å². The number of carbonyl (C=O) groups is 1. The Morgan fingerprint density at radius 2 is 2.00 bits per heavy atom. The van der Waals surface area contributed by atoms with Gasteiger partial charge in [-0.25, -0.2) is 0 Å². The van der Waals surface area contributed by atoms with E-state index in [4.69, 9.17) is 4.84 Å². The number of carbonyl (C=O) groups excluding carboxylic acids is 1. The zero-order valence-electron chi connectivity index (χ0n) is 9.56. The van der Waals surface area contributed by atoms with Gasteiger partial charge in [-0.2, -0.15) is 5.06 Å². The summed E-state index contributed by atoms with van der Waals surface area (Å²) in [7, 11) is 0. The highest BCUT2D eigenvalue weighted by Crippen LogP contribution is 2.38. The number of anilines is 1. The molecule has 1 aliphatic heterocycles. The van der Waals surface area contributed by atoms with E-state index in [0.717, 1.165) is 24.1 Å². The Kier molecular flexibility index (Phi) is 2.42. The van der Waals surface area contributed by atoms with E-state index >= 15 is 0 Å². The van der Waals surface area contributed by atoms with Crippen molar-refractivity contribution in [3.05, 3.63) is 29.8 Å². The van der Waals surface area contributed by atoms with Crippen LogP contribution >= 0.6 is 0 Å². The van der Waals surface area contributed by atoms with Gasteiger partial charge in [0.1, 0.15) is 0 Å². The second-order valence-electron chi connectivity index (χ2n) is 4.84. The van der Waals surface area contributed by atoms with Crippen molar-refractivity contribution >= 4 is 11.6 Å². The number of rotatable bonds is 3. The summed E-state index contributed by atoms with van der Waals surface area (Å²) in [4.78, 5) is 16.7. The van der Waals surface area contributed by atoms with Gasteiger partial charge in [0.25, 0.3) is 5.91 Å². The Bertz CT molecular complexity index is 436. The molecule has 1 amide bonds. The van der Waals surface area contributed by atoms with E-state index in [1.54, 1.807) is 0 Å². The van der Waals surface area contributed by atoms with Crippen molar-refractivity contribution in [2.75, 3.05) is 11.7 Å². The third-order valence-corrected chi connectivity index (χ3v) is 3.29. The SMILES string of the molecule is O=C1CCON1c1ccc(CC2(O)CC2)cc1. The first-order chi connectivity index (χ1) is 8.16. The average molecular weight is 233 g/mol. The van der Waals surface area contributed by atoms with Gasteiger partial charge in [0.2, 0.25) is 0 Å². The van der Waals surface area contributed by atoms with Gasteiger partial charge in [0, 0.05) is 6.42 Å². The second-order valence-corrected chi connectivity index (χ2v) is 4.84. The van der Waals surface area contributed by atoms with Crippen LogP contribution in [-0.4, -0.2) is 23.2 Å². The van der Waals surface area contributed by atoms with Crippen molar-refractivity contribution in [3.63, 3.8) is 0 Å². The molecule has 0 aromatic heterocycles. The molecule has 1 aliphatic carbocycles. The van der Waals surface area contributed by atoms with E-state index < -0.39 is 5.60 Å². The highest BCUT2D eigenvalue weighted by molar-refractivity contribution is 5.92. The van der Waals surface area contributed by atoms with Gasteiger partial charge in [-0.05, 0) is 30.5 Å². The number of benzene rings is 1. The third kappa shape index (κ3) is 2.18. The minimum Gasteiger partial charge on any atom is -0.390 e. The first kappa shape index (κ1) is 10.7. The molecule has 90 valence electrons. The first-order valence-electron chi connectivity index (χ1n) is 5.94. The topological polar surface area (TPSA) is 49.8 Å². The summed E-state index contributed by atoms with van der Waals surface area (Å²) in [5.41, 5.74) is 1.39. The van der Waals surface area contributed by atoms with Gasteiger partial charge in [-0.1, -0.05) is 12.1 Å². The van der Waals surface area contributed by atoms with Crippen molar-refractivity contribution in [1.29, 1.82) is 0 Å². The molecule has 0 atom stereocenters. The molecule has 1 aromatic rings. The molecule has 1 aromatic carbocycles. The Labute approximate surface area is 99.8 Å². The first-order valence-corrected chi connectivity index (χ1v) is 5.94. The van der Waals surface area contributed by atoms with Crippen molar-refractivity contribution in [3.8, 4) is 0 Å². The van der Waals surface area contributed by atoms with Gasteiger partial charge in [-0.15, -0.1) is 0 Å². The Balaban J connectivity index is 1.73. The molecule has 0 radical (unpaired) electrons. The molecule has 2 aliphatic rings. The summed E-state index contributed by atoms with van der Waals surface area (Å²) in [6.45, 7) is 0.459. The summed E-state index contributed by atoms with van der Waals surface area (Å²) in [6.07, 6.45) is 2.93. The smallest absolute Gasteiger partial charge is 0.253 e. The lowest BCUT2D eigenvalue weighted by atomic mass is 10.1. The minimum atomic E-state index is -0.471. The number of nitrogens with zero attached hydrogens (tertiary/aromatic N) is 1. The fraction of sp³-hybridized carbons (Fsp3) is 0.462. The zero-order valence-corrected chi connectivity index (χ0v) is 9.56. The molecular weight excluding hydrogens is 218 g/mol. The maximum Gasteiger partial charge on any atom is 0.253 e. The maximum absolute atomic E-state index is 11.5. The van der Waals surface area contributed by atoms with E-state index in [1.165, 1.54) is 5.06 Å². The second kappa shape index (κ2) is 3.82. The summed E-state index contributed by atoms with van der Waals surface area (Å²) in [5.74, 6) is -0.00132. The van der Waals surface area contributed by atoms with E-state index in [2.05, 4.69) is 0 Å². The number of hydrogen-bond acceptors (Lipinski definition) is 3. The van der Waals surface area contributed by atoms with Crippen LogP contribution in [0, 0.1) is 0 Å². The van der Waals surface area contributed by atoms with Crippen LogP contribution in [0.5, 0.6) is 0 Å². The lowest BCUT2D eigenvalue weighted by molar-refractivity contribution is -0.119. The molecule has 0 unspecified atom stereocenters. The number of aliphatic hydroxyl groups is 1. The zero-order chi connectivity index (χ0) is 11.9. The molecule has 3 rings (SSSR count). The van der Waals surface area contributed by atoms with E-state index in [0.29, 0.717) is 19.4 Å². The summed E-state index contributed by atoms with van der Waals surface area (Å²) in [5, 5.41) is 11.2. The lowest BCUT2D eigenvalue weighted by Crippen LogP contribution is -2.22. The van der Waals surface area contributed by atoms with Crippen molar-refractivity contribution in [1.82, 2.24) is 0 Å². The van der Waals surface area contributed by atoms with Crippen LogP contribution in [0.2, 0.25) is 0 Å². The van der Waals surface area contributed by atoms with Crippen LogP contribution in [0.25, 0.3) is 0 Å². The van der Waals surface area contributed by atoms with Crippen molar-refractivity contribution < 1.29 is 14.7 Å². The predicted octanol–water partition coefficient (Wildman–Crippen LogP) is 1.42. The van der Waals surface area contributed by atoms with Crippen LogP contribution in [0.4, 0.5) is 5.69 Å². The van der Waals surface area contributed by atoms with Gasteiger partial charge >= 0.3 is 0 Å². The average Bonchev–Trinajstić information content (AvgIpc) is 2.87. The fourth-order valence-corrected chi connectivity index (χ4v) is 2.07. The Morgan fingerprint density at radius 1 is 1.29 bits per heavy atom. The predicted molar refractivity (Wildman–Crippen MR) is 62.4 cm³/mol. The summed E-state index contributed by atoms with van der Waals surface area (Å²) < 4.78 is 0. The van der Waals surface area contributed by atoms with Gasteiger partial charge in [-0.3, -0.25) is 9.63 Å². The van der Waals surface area contributed by atoms with Gasteiger partial charge < -0.3 is 5.11 Å². The quantitative estimate of drug-likeness (QED) is 0.859. The highest BCUT2D eigenvalue weighted by atomic mass is 16.7. The molecule has 0 spiro atoms. The molecule has 0 bridgehead atoms. The third-order valence-electron chi connectivity index (χ3n) is 3.29. The van der Waals surface area contributed by atoms with Crippen LogP contribution in [0.1, 0.15) is 24.8 Å². The molecular formula is C13H15NO3. The standard InChI is InChI=1S/C13H15NO3/c15-12-5-8-17-14(12)11-3-1-10(2-4-11)9-13(16)6-7-13/h1-4,16H,5-9H2. The van der Waals surface area contributed by atoms with E-state index in [1.807, 2.05) is 24.3 Å².